The average Bonchev–Trinajstić information content (AvgIpc) is 3.45. The van der Waals surface area contributed by atoms with Gasteiger partial charge in [0.1, 0.15) is 17.3 Å². The molecule has 1 atom stereocenters. The normalized spacial score (nSPS) is 17.9. The highest BCUT2D eigenvalue weighted by molar-refractivity contribution is 6.10. The molecule has 1 aromatic heterocycles. The second-order valence-corrected chi connectivity index (χ2v) is 9.73. The van der Waals surface area contributed by atoms with Crippen LogP contribution in [-0.4, -0.2) is 65.3 Å². The lowest BCUT2D eigenvalue weighted by molar-refractivity contribution is -0.122. The van der Waals surface area contributed by atoms with Crippen LogP contribution in [0.5, 0.6) is 11.5 Å². The zero-order valence-corrected chi connectivity index (χ0v) is 23.3. The third kappa shape index (κ3) is 5.28. The minimum Gasteiger partial charge on any atom is -0.506 e. The van der Waals surface area contributed by atoms with E-state index in [-0.39, 0.29) is 40.4 Å². The summed E-state index contributed by atoms with van der Waals surface area (Å²) >= 11 is 0. The lowest BCUT2D eigenvalue weighted by Gasteiger charge is -2.26. The van der Waals surface area contributed by atoms with Crippen LogP contribution in [0, 0.1) is 23.5 Å². The summed E-state index contributed by atoms with van der Waals surface area (Å²) in [7, 11) is 2.88. The second kappa shape index (κ2) is 11.4. The van der Waals surface area contributed by atoms with Gasteiger partial charge in [0.2, 0.25) is 5.54 Å². The predicted octanol–water partition coefficient (Wildman–Crippen LogP) is 3.43. The number of aromatic nitrogens is 1. The van der Waals surface area contributed by atoms with E-state index in [0.29, 0.717) is 16.8 Å². The average molecular weight is 586 g/mol. The van der Waals surface area contributed by atoms with E-state index in [4.69, 9.17) is 4.74 Å². The van der Waals surface area contributed by atoms with Crippen molar-refractivity contribution in [1.29, 1.82) is 0 Å². The molecule has 0 spiro atoms. The highest BCUT2D eigenvalue weighted by Gasteiger charge is 2.48. The first-order valence-corrected chi connectivity index (χ1v) is 13.0. The van der Waals surface area contributed by atoms with Crippen LogP contribution in [0.25, 0.3) is 16.8 Å². The first-order chi connectivity index (χ1) is 20.6. The zero-order chi connectivity index (χ0) is 30.9. The number of halogens is 2. The molecule has 3 heterocycles. The third-order valence-electron chi connectivity index (χ3n) is 7.04. The number of benzene rings is 2. The Morgan fingerprint density at radius 3 is 2.65 bits per heavy atom. The summed E-state index contributed by atoms with van der Waals surface area (Å²) in [6.45, 7) is 1.37. The molecule has 0 saturated carbocycles. The molecule has 1 unspecified atom stereocenters. The fraction of sp³-hybridized carbons (Fsp3) is 0.194. The number of allylic oxidation sites excluding steroid dienone is 2. The van der Waals surface area contributed by atoms with Gasteiger partial charge in [-0.2, -0.15) is 0 Å². The molecule has 4 amide bonds. The van der Waals surface area contributed by atoms with Crippen LogP contribution >= 0.6 is 0 Å². The van der Waals surface area contributed by atoms with Crippen LogP contribution in [0.1, 0.15) is 34.1 Å². The van der Waals surface area contributed by atoms with Crippen LogP contribution in [0.3, 0.4) is 0 Å². The van der Waals surface area contributed by atoms with Crippen molar-refractivity contribution in [2.75, 3.05) is 20.7 Å². The first kappa shape index (κ1) is 28.9. The van der Waals surface area contributed by atoms with Crippen LogP contribution in [0.4, 0.5) is 13.6 Å². The number of ether oxygens (including phenoxy) is 1. The number of amides is 4. The van der Waals surface area contributed by atoms with E-state index < -0.39 is 41.6 Å². The van der Waals surface area contributed by atoms with E-state index in [1.807, 2.05) is 0 Å². The molecule has 2 aliphatic rings. The number of pyridine rings is 1. The number of hydrogen-bond donors (Lipinski definition) is 3. The molecule has 1 fully saturated rings. The summed E-state index contributed by atoms with van der Waals surface area (Å²) < 4.78 is 35.1. The highest BCUT2D eigenvalue weighted by Crippen LogP contribution is 2.33. The molecular weight excluding hydrogens is 560 g/mol. The summed E-state index contributed by atoms with van der Waals surface area (Å²) in [6, 6.07) is 9.05. The Hall–Kier alpha value is -5.57. The number of nitrogens with zero attached hydrogens (tertiary/aromatic N) is 3. The minimum absolute atomic E-state index is 0.00763. The van der Waals surface area contributed by atoms with Gasteiger partial charge < -0.3 is 20.1 Å². The van der Waals surface area contributed by atoms with Crippen molar-refractivity contribution in [3.8, 4) is 34.6 Å². The second-order valence-electron chi connectivity index (χ2n) is 9.73. The molecular formula is C31H25F2N5O5. The molecule has 0 radical (unpaired) electrons. The first-order valence-electron chi connectivity index (χ1n) is 13.0. The Morgan fingerprint density at radius 1 is 1.21 bits per heavy atom. The van der Waals surface area contributed by atoms with Gasteiger partial charge in [-0.1, -0.05) is 24.0 Å². The Labute approximate surface area is 245 Å². The molecule has 2 aliphatic heterocycles. The number of urea groups is 1. The number of imide groups is 1. The summed E-state index contributed by atoms with van der Waals surface area (Å²) in [6.07, 6.45) is 3.37. The van der Waals surface area contributed by atoms with E-state index in [1.165, 1.54) is 36.3 Å². The lowest BCUT2D eigenvalue weighted by Crippen LogP contribution is -2.54. The van der Waals surface area contributed by atoms with Gasteiger partial charge in [-0.15, -0.1) is 0 Å². The number of nitrogens with one attached hydrogen (secondary N) is 2. The van der Waals surface area contributed by atoms with E-state index in [1.54, 1.807) is 38.4 Å². The summed E-state index contributed by atoms with van der Waals surface area (Å²) in [4.78, 5) is 47.7. The number of carbonyl (C=O) groups excluding carboxylic acids is 3. The van der Waals surface area contributed by atoms with Gasteiger partial charge >= 0.3 is 6.03 Å². The Balaban J connectivity index is 1.46. The maximum atomic E-state index is 15.3. The summed E-state index contributed by atoms with van der Waals surface area (Å²) in [5.74, 6) is 1.96. The van der Waals surface area contributed by atoms with Gasteiger partial charge in [0.15, 0.2) is 11.6 Å². The maximum Gasteiger partial charge on any atom is 0.323 e. The maximum absolute atomic E-state index is 15.3. The van der Waals surface area contributed by atoms with Gasteiger partial charge in [-0.05, 0) is 48.9 Å². The molecule has 0 aliphatic carbocycles. The number of aromatic hydroxyl groups is 1. The number of aliphatic imine (C=N–C) groups is 1. The van der Waals surface area contributed by atoms with Crippen LogP contribution in [0.2, 0.25) is 0 Å². The molecule has 0 bridgehead atoms. The van der Waals surface area contributed by atoms with Crippen molar-refractivity contribution in [2.24, 2.45) is 4.99 Å². The van der Waals surface area contributed by atoms with Crippen molar-refractivity contribution in [3.63, 3.8) is 0 Å². The number of rotatable bonds is 6. The Morgan fingerprint density at radius 2 is 2.00 bits per heavy atom. The fourth-order valence-corrected chi connectivity index (χ4v) is 4.90. The Kier molecular flexibility index (Phi) is 7.65. The quantitative estimate of drug-likeness (QED) is 0.231. The molecule has 3 N–H and O–H groups in total. The molecule has 10 nitrogen and oxygen atoms in total. The number of hydrogen-bond acceptors (Lipinski definition) is 7. The summed E-state index contributed by atoms with van der Waals surface area (Å²) in [5.41, 5.74) is -0.373. The van der Waals surface area contributed by atoms with E-state index in [2.05, 4.69) is 32.5 Å². The van der Waals surface area contributed by atoms with Gasteiger partial charge in [-0.3, -0.25) is 19.9 Å². The van der Waals surface area contributed by atoms with Gasteiger partial charge in [0.25, 0.3) is 11.8 Å². The Bertz CT molecular complexity index is 1810. The van der Waals surface area contributed by atoms with E-state index >= 15 is 4.39 Å². The number of carbonyl (C=O) groups is 3. The predicted molar refractivity (Wildman–Crippen MR) is 153 cm³/mol. The zero-order valence-electron chi connectivity index (χ0n) is 23.3. The fourth-order valence-electron chi connectivity index (χ4n) is 4.90. The largest absolute Gasteiger partial charge is 0.506 e. The van der Waals surface area contributed by atoms with Gasteiger partial charge in [-0.25, -0.2) is 18.6 Å². The van der Waals surface area contributed by atoms with Gasteiger partial charge in [0, 0.05) is 36.5 Å². The number of fused-ring (bicyclic) bond motifs is 1. The topological polar surface area (TPSA) is 133 Å². The van der Waals surface area contributed by atoms with Crippen molar-refractivity contribution in [1.82, 2.24) is 20.5 Å². The molecule has 5 rings (SSSR count). The molecule has 1 saturated heterocycles. The third-order valence-corrected chi connectivity index (χ3v) is 7.04. The van der Waals surface area contributed by atoms with Crippen molar-refractivity contribution in [3.05, 3.63) is 82.6 Å². The van der Waals surface area contributed by atoms with Crippen molar-refractivity contribution in [2.45, 2.75) is 19.0 Å². The molecule has 3 aromatic rings. The van der Waals surface area contributed by atoms with Crippen molar-refractivity contribution < 1.29 is 33.0 Å². The monoisotopic (exact) mass is 585 g/mol. The smallest absolute Gasteiger partial charge is 0.323 e. The standard InChI is InChI=1S/C31H25F2N5O5/c1-4-18(14-34-2)22-8-9-23(39)27(35-22)20-7-5-17(13-21(20)32)11-12-31(29(41)36-30(42)37-31)16-38-15-19-6-10-24(43-3)26(33)25(19)28(38)40/h4-10,13-14,39H,15-16H2,1-3H3,(H2,36,37,41,42)/b18-4+,34-14?. The van der Waals surface area contributed by atoms with Crippen LogP contribution < -0.4 is 15.4 Å². The van der Waals surface area contributed by atoms with Gasteiger partial charge in [0.05, 0.1) is 24.9 Å². The lowest BCUT2D eigenvalue weighted by atomic mass is 9.98. The number of methoxy groups -OCH3 is 1. The van der Waals surface area contributed by atoms with E-state index in [9.17, 15) is 23.9 Å². The molecule has 218 valence electrons. The molecule has 2 aromatic carbocycles. The van der Waals surface area contributed by atoms with Crippen LogP contribution in [0.15, 0.2) is 53.5 Å². The highest BCUT2D eigenvalue weighted by atomic mass is 19.1. The SMILES string of the molecule is C/C=C(\C=NC)c1ccc(O)c(-c2ccc(C#CC3(CN4Cc5ccc(OC)c(F)c5C4=O)NC(=O)NC3=O)cc2F)n1. The van der Waals surface area contributed by atoms with E-state index in [0.717, 1.165) is 6.07 Å². The summed E-state index contributed by atoms with van der Waals surface area (Å²) in [5, 5.41) is 15.0. The molecule has 43 heavy (non-hydrogen) atoms. The minimum atomic E-state index is -1.89. The van der Waals surface area contributed by atoms with Crippen LogP contribution in [-0.2, 0) is 11.3 Å². The van der Waals surface area contributed by atoms with Crippen molar-refractivity contribution >= 4 is 29.6 Å². The molecule has 12 heteroatoms.